The van der Waals surface area contributed by atoms with E-state index in [2.05, 4.69) is 5.32 Å². The van der Waals surface area contributed by atoms with Crippen LogP contribution in [-0.2, 0) is 11.2 Å². The Morgan fingerprint density at radius 2 is 2.00 bits per heavy atom. The smallest absolute Gasteiger partial charge is 0.265 e. The maximum Gasteiger partial charge on any atom is 0.265 e. The minimum Gasteiger partial charge on any atom is -0.497 e. The van der Waals surface area contributed by atoms with Gasteiger partial charge in [0, 0.05) is 17.7 Å². The number of amides is 1. The number of rotatable bonds is 4. The van der Waals surface area contributed by atoms with E-state index in [9.17, 15) is 4.79 Å². The first-order chi connectivity index (χ1) is 11.1. The average molecular weight is 314 g/mol. The molecule has 1 amide bonds. The van der Waals surface area contributed by atoms with Crippen molar-refractivity contribution < 1.29 is 19.0 Å². The number of methoxy groups -OCH3 is 2. The standard InChI is InChI=1S/C17H18N2O4/c1-21-12-4-6-14(22-2)10(7-12)8-16-17(20)19-13-9-11(18)3-5-15(13)23-16/h3-7,9,16H,8,18H2,1-2H3,(H,19,20). The monoisotopic (exact) mass is 314 g/mol. The molecule has 0 spiro atoms. The molecule has 23 heavy (non-hydrogen) atoms. The van der Waals surface area contributed by atoms with Crippen molar-refractivity contribution in [3.05, 3.63) is 42.0 Å². The largest absolute Gasteiger partial charge is 0.497 e. The molecule has 0 bridgehead atoms. The van der Waals surface area contributed by atoms with Crippen LogP contribution in [0.3, 0.4) is 0 Å². The highest BCUT2D eigenvalue weighted by Crippen LogP contribution is 2.33. The third kappa shape index (κ3) is 3.01. The summed E-state index contributed by atoms with van der Waals surface area (Å²) >= 11 is 0. The summed E-state index contributed by atoms with van der Waals surface area (Å²) in [7, 11) is 3.18. The minimum atomic E-state index is -0.646. The Morgan fingerprint density at radius 3 is 2.74 bits per heavy atom. The summed E-state index contributed by atoms with van der Waals surface area (Å²) in [5.74, 6) is 1.77. The lowest BCUT2D eigenvalue weighted by Crippen LogP contribution is -2.38. The van der Waals surface area contributed by atoms with Crippen LogP contribution < -0.4 is 25.3 Å². The van der Waals surface area contributed by atoms with Gasteiger partial charge in [0.2, 0.25) is 0 Å². The molecule has 0 radical (unpaired) electrons. The first kappa shape index (κ1) is 15.0. The molecule has 0 saturated carbocycles. The Hall–Kier alpha value is -2.89. The molecule has 2 aromatic carbocycles. The molecular weight excluding hydrogens is 296 g/mol. The van der Waals surface area contributed by atoms with Gasteiger partial charge in [-0.3, -0.25) is 4.79 Å². The number of carbonyl (C=O) groups excluding carboxylic acids is 1. The van der Waals surface area contributed by atoms with E-state index in [0.717, 1.165) is 5.56 Å². The Labute approximate surface area is 134 Å². The molecule has 0 saturated heterocycles. The third-order valence-electron chi connectivity index (χ3n) is 3.72. The molecule has 6 nitrogen and oxygen atoms in total. The molecule has 1 atom stereocenters. The molecular formula is C17H18N2O4. The predicted octanol–water partition coefficient (Wildman–Crippen LogP) is 2.23. The fourth-order valence-corrected chi connectivity index (χ4v) is 2.54. The fourth-order valence-electron chi connectivity index (χ4n) is 2.54. The van der Waals surface area contributed by atoms with Crippen LogP contribution in [-0.4, -0.2) is 26.2 Å². The zero-order valence-electron chi connectivity index (χ0n) is 13.0. The fraction of sp³-hybridized carbons (Fsp3) is 0.235. The zero-order valence-corrected chi connectivity index (χ0v) is 13.0. The molecule has 1 heterocycles. The molecule has 3 rings (SSSR count). The van der Waals surface area contributed by atoms with E-state index in [1.807, 2.05) is 18.2 Å². The Kier molecular flexibility index (Phi) is 3.97. The maximum absolute atomic E-state index is 12.3. The molecule has 2 aromatic rings. The highest BCUT2D eigenvalue weighted by molar-refractivity contribution is 5.98. The van der Waals surface area contributed by atoms with Crippen LogP contribution in [0.2, 0.25) is 0 Å². The van der Waals surface area contributed by atoms with Gasteiger partial charge in [-0.1, -0.05) is 0 Å². The summed E-state index contributed by atoms with van der Waals surface area (Å²) in [6.07, 6.45) is -0.275. The molecule has 3 N–H and O–H groups in total. The van der Waals surface area contributed by atoms with Crippen LogP contribution in [0, 0.1) is 0 Å². The van der Waals surface area contributed by atoms with Gasteiger partial charge in [0.15, 0.2) is 6.10 Å². The molecule has 0 aromatic heterocycles. The zero-order chi connectivity index (χ0) is 16.4. The quantitative estimate of drug-likeness (QED) is 0.846. The molecule has 0 aliphatic carbocycles. The van der Waals surface area contributed by atoms with Crippen LogP contribution in [0.4, 0.5) is 11.4 Å². The van der Waals surface area contributed by atoms with Gasteiger partial charge in [-0.25, -0.2) is 0 Å². The Bertz CT molecular complexity index is 745. The van der Waals surface area contributed by atoms with Crippen molar-refractivity contribution in [2.75, 3.05) is 25.3 Å². The van der Waals surface area contributed by atoms with Gasteiger partial charge < -0.3 is 25.3 Å². The number of ether oxygens (including phenoxy) is 3. The van der Waals surface area contributed by atoms with Crippen LogP contribution >= 0.6 is 0 Å². The number of nitrogen functional groups attached to an aromatic ring is 1. The van der Waals surface area contributed by atoms with Crippen LogP contribution in [0.1, 0.15) is 5.56 Å². The van der Waals surface area contributed by atoms with E-state index in [1.54, 1.807) is 32.4 Å². The number of hydrogen-bond donors (Lipinski definition) is 2. The van der Waals surface area contributed by atoms with Gasteiger partial charge >= 0.3 is 0 Å². The maximum atomic E-state index is 12.3. The average Bonchev–Trinajstić information content (AvgIpc) is 2.55. The Balaban J connectivity index is 1.86. The van der Waals surface area contributed by atoms with E-state index in [1.165, 1.54) is 0 Å². The predicted molar refractivity (Wildman–Crippen MR) is 87.2 cm³/mol. The second kappa shape index (κ2) is 6.08. The number of benzene rings is 2. The van der Waals surface area contributed by atoms with Crippen molar-refractivity contribution in [3.63, 3.8) is 0 Å². The second-order valence-electron chi connectivity index (χ2n) is 5.23. The summed E-state index contributed by atoms with van der Waals surface area (Å²) in [5.41, 5.74) is 7.71. The number of carbonyl (C=O) groups is 1. The minimum absolute atomic E-state index is 0.215. The van der Waals surface area contributed by atoms with Crippen molar-refractivity contribution in [3.8, 4) is 17.2 Å². The number of hydrogen-bond acceptors (Lipinski definition) is 5. The molecule has 0 fully saturated rings. The second-order valence-corrected chi connectivity index (χ2v) is 5.23. The first-order valence-electron chi connectivity index (χ1n) is 7.18. The summed E-state index contributed by atoms with van der Waals surface area (Å²) in [5, 5.41) is 2.82. The van der Waals surface area contributed by atoms with E-state index >= 15 is 0 Å². The highest BCUT2D eigenvalue weighted by Gasteiger charge is 2.29. The van der Waals surface area contributed by atoms with E-state index in [4.69, 9.17) is 19.9 Å². The van der Waals surface area contributed by atoms with E-state index in [0.29, 0.717) is 35.0 Å². The molecule has 1 aliphatic heterocycles. The summed E-state index contributed by atoms with van der Waals surface area (Å²) < 4.78 is 16.4. The molecule has 120 valence electrons. The van der Waals surface area contributed by atoms with Crippen molar-refractivity contribution in [1.82, 2.24) is 0 Å². The summed E-state index contributed by atoms with van der Waals surface area (Å²) in [6.45, 7) is 0. The van der Waals surface area contributed by atoms with Gasteiger partial charge in [-0.05, 0) is 36.4 Å². The summed E-state index contributed by atoms with van der Waals surface area (Å²) in [6, 6.07) is 10.6. The van der Waals surface area contributed by atoms with Crippen molar-refractivity contribution in [2.45, 2.75) is 12.5 Å². The lowest BCUT2D eigenvalue weighted by Gasteiger charge is -2.26. The van der Waals surface area contributed by atoms with Crippen LogP contribution in [0.5, 0.6) is 17.2 Å². The number of anilines is 2. The molecule has 1 unspecified atom stereocenters. The van der Waals surface area contributed by atoms with Gasteiger partial charge in [0.05, 0.1) is 19.9 Å². The van der Waals surface area contributed by atoms with Crippen molar-refractivity contribution in [2.24, 2.45) is 0 Å². The number of nitrogens with one attached hydrogen (secondary N) is 1. The molecule has 1 aliphatic rings. The number of fused-ring (bicyclic) bond motifs is 1. The van der Waals surface area contributed by atoms with Crippen LogP contribution in [0.15, 0.2) is 36.4 Å². The topological polar surface area (TPSA) is 82.8 Å². The summed E-state index contributed by atoms with van der Waals surface area (Å²) in [4.78, 5) is 12.3. The first-order valence-corrected chi connectivity index (χ1v) is 7.18. The lowest BCUT2D eigenvalue weighted by atomic mass is 10.0. The third-order valence-corrected chi connectivity index (χ3v) is 3.72. The van der Waals surface area contributed by atoms with Crippen molar-refractivity contribution >= 4 is 17.3 Å². The van der Waals surface area contributed by atoms with Gasteiger partial charge in [0.25, 0.3) is 5.91 Å². The lowest BCUT2D eigenvalue weighted by molar-refractivity contribution is -0.123. The van der Waals surface area contributed by atoms with Crippen molar-refractivity contribution in [1.29, 1.82) is 0 Å². The van der Waals surface area contributed by atoms with Gasteiger partial charge in [0.1, 0.15) is 17.2 Å². The highest BCUT2D eigenvalue weighted by atomic mass is 16.5. The van der Waals surface area contributed by atoms with Gasteiger partial charge in [-0.15, -0.1) is 0 Å². The van der Waals surface area contributed by atoms with Gasteiger partial charge in [-0.2, -0.15) is 0 Å². The molecule has 6 heteroatoms. The normalized spacial score (nSPS) is 16.1. The number of nitrogens with two attached hydrogens (primary N) is 1. The SMILES string of the molecule is COc1ccc(OC)c(CC2Oc3ccc(N)cc3NC2=O)c1. The van der Waals surface area contributed by atoms with Crippen LogP contribution in [0.25, 0.3) is 0 Å². The van der Waals surface area contributed by atoms with E-state index in [-0.39, 0.29) is 5.91 Å². The Morgan fingerprint density at radius 1 is 1.17 bits per heavy atom. The van der Waals surface area contributed by atoms with E-state index < -0.39 is 6.10 Å².